The van der Waals surface area contributed by atoms with E-state index < -0.39 is 0 Å². The molecule has 1 aliphatic rings. The Hall–Kier alpha value is -3.19. The summed E-state index contributed by atoms with van der Waals surface area (Å²) >= 11 is 4.15. The predicted octanol–water partition coefficient (Wildman–Crippen LogP) is 6.10. The van der Waals surface area contributed by atoms with Crippen LogP contribution in [0.3, 0.4) is 0 Å². The summed E-state index contributed by atoms with van der Waals surface area (Å²) in [5, 5.41) is 16.3. The molecule has 0 bridgehead atoms. The van der Waals surface area contributed by atoms with E-state index in [2.05, 4.69) is 24.9 Å². The van der Waals surface area contributed by atoms with E-state index >= 15 is 0 Å². The van der Waals surface area contributed by atoms with Crippen LogP contribution in [-0.2, 0) is 24.2 Å². The Morgan fingerprint density at radius 3 is 2.94 bits per heavy atom. The van der Waals surface area contributed by atoms with E-state index in [1.807, 2.05) is 35.7 Å². The van der Waals surface area contributed by atoms with Gasteiger partial charge in [-0.25, -0.2) is 4.98 Å². The second-order valence-electron chi connectivity index (χ2n) is 8.80. The average molecular weight is 533 g/mol. The molecule has 182 valence electrons. The molecule has 5 rings (SSSR count). The van der Waals surface area contributed by atoms with Gasteiger partial charge in [-0.1, -0.05) is 55.1 Å². The number of nitriles is 1. The van der Waals surface area contributed by atoms with Gasteiger partial charge in [0.05, 0.1) is 16.7 Å². The number of fused-ring (bicyclic) bond motifs is 2. The summed E-state index contributed by atoms with van der Waals surface area (Å²) in [7, 11) is 0. The zero-order valence-corrected chi connectivity index (χ0v) is 22.2. The minimum atomic E-state index is -0.223. The number of nitrogens with zero attached hydrogens (tertiary/aromatic N) is 3. The Morgan fingerprint density at radius 1 is 1.39 bits per heavy atom. The van der Waals surface area contributed by atoms with Crippen LogP contribution >= 0.6 is 34.4 Å². The lowest BCUT2D eigenvalue weighted by Gasteiger charge is -2.17. The van der Waals surface area contributed by atoms with Crippen LogP contribution in [-0.4, -0.2) is 21.2 Å². The highest BCUT2D eigenvalue weighted by atomic mass is 32.2. The highest BCUT2D eigenvalue weighted by Gasteiger charge is 2.25. The van der Waals surface area contributed by atoms with E-state index in [0.717, 1.165) is 36.0 Å². The minimum absolute atomic E-state index is 0.0792. The lowest BCUT2D eigenvalue weighted by atomic mass is 9.89. The summed E-state index contributed by atoms with van der Waals surface area (Å²) in [4.78, 5) is 32.9. The van der Waals surface area contributed by atoms with Gasteiger partial charge in [0.2, 0.25) is 5.91 Å². The summed E-state index contributed by atoms with van der Waals surface area (Å²) in [6, 6.07) is 12.1. The van der Waals surface area contributed by atoms with Crippen molar-refractivity contribution >= 4 is 55.6 Å². The number of anilines is 1. The number of carbonyl (C=O) groups is 1. The summed E-state index contributed by atoms with van der Waals surface area (Å²) in [5.41, 5.74) is 3.36. The molecule has 0 fully saturated rings. The quantitative estimate of drug-likeness (QED) is 0.177. The van der Waals surface area contributed by atoms with Crippen molar-refractivity contribution in [2.75, 3.05) is 11.1 Å². The molecule has 9 heteroatoms. The molecule has 0 unspecified atom stereocenters. The van der Waals surface area contributed by atoms with E-state index in [4.69, 9.17) is 4.98 Å². The Morgan fingerprint density at radius 2 is 2.19 bits per heavy atom. The minimum Gasteiger partial charge on any atom is -0.316 e. The molecule has 3 heterocycles. The molecule has 0 radical (unpaired) electrons. The third-order valence-electron chi connectivity index (χ3n) is 6.26. The van der Waals surface area contributed by atoms with E-state index in [9.17, 15) is 14.9 Å². The van der Waals surface area contributed by atoms with E-state index in [1.165, 1.54) is 39.3 Å². The van der Waals surface area contributed by atoms with Gasteiger partial charge in [-0.2, -0.15) is 5.26 Å². The average Bonchev–Trinajstić information content (AvgIpc) is 3.45. The number of nitrogens with one attached hydrogen (secondary N) is 1. The highest BCUT2D eigenvalue weighted by molar-refractivity contribution is 7.99. The first-order valence-electron chi connectivity index (χ1n) is 11.7. The normalized spacial score (nSPS) is 14.8. The third kappa shape index (κ3) is 4.64. The van der Waals surface area contributed by atoms with Gasteiger partial charge in [-0.3, -0.25) is 14.2 Å². The highest BCUT2D eigenvalue weighted by Crippen LogP contribution is 2.39. The topological polar surface area (TPSA) is 87.8 Å². The molecule has 1 N–H and O–H groups in total. The number of amides is 1. The Labute approximate surface area is 221 Å². The first kappa shape index (κ1) is 24.5. The van der Waals surface area contributed by atoms with Gasteiger partial charge in [0.1, 0.15) is 15.9 Å². The maximum absolute atomic E-state index is 13.5. The fourth-order valence-electron chi connectivity index (χ4n) is 4.49. The second kappa shape index (κ2) is 10.4. The number of thioether (sulfide) groups is 1. The van der Waals surface area contributed by atoms with Crippen molar-refractivity contribution in [3.63, 3.8) is 0 Å². The monoisotopic (exact) mass is 532 g/mol. The van der Waals surface area contributed by atoms with Crippen LogP contribution in [0.5, 0.6) is 0 Å². The summed E-state index contributed by atoms with van der Waals surface area (Å²) in [6.07, 6.45) is 4.54. The van der Waals surface area contributed by atoms with Crippen molar-refractivity contribution in [1.29, 1.82) is 5.26 Å². The van der Waals surface area contributed by atoms with Crippen LogP contribution in [0.4, 0.5) is 5.00 Å². The largest absolute Gasteiger partial charge is 0.316 e. The van der Waals surface area contributed by atoms with E-state index in [0.29, 0.717) is 38.4 Å². The maximum Gasteiger partial charge on any atom is 0.263 e. The number of hydrogen-bond acceptors (Lipinski definition) is 7. The number of aromatic nitrogens is 2. The fourth-order valence-corrected chi connectivity index (χ4v) is 7.66. The summed E-state index contributed by atoms with van der Waals surface area (Å²) < 4.78 is 1.57. The summed E-state index contributed by atoms with van der Waals surface area (Å²) in [6.45, 7) is 6.30. The molecule has 1 aromatic carbocycles. The van der Waals surface area contributed by atoms with Crippen LogP contribution < -0.4 is 10.9 Å². The molecule has 0 aliphatic heterocycles. The van der Waals surface area contributed by atoms with Crippen molar-refractivity contribution in [2.24, 2.45) is 5.92 Å². The van der Waals surface area contributed by atoms with E-state index in [-0.39, 0.29) is 17.2 Å². The SMILES string of the molecule is C=CCn1c(SCC(=O)Nc2sc3c(c2C#N)CC[C@H](C)C3)nc2scc(-c3ccccc3)c2c1=O. The van der Waals surface area contributed by atoms with Gasteiger partial charge in [0.15, 0.2) is 5.16 Å². The van der Waals surface area contributed by atoms with Gasteiger partial charge in [-0.15, -0.1) is 29.3 Å². The van der Waals surface area contributed by atoms with Crippen LogP contribution in [0, 0.1) is 17.2 Å². The standard InChI is InChI=1S/C27H24N4O2S3/c1-3-11-31-26(33)23-20(17-7-5-4-6-8-17)14-34-25(23)30-27(31)35-15-22(32)29-24-19(13-28)18-10-9-16(2)12-21(18)36-24/h3-8,14,16H,1,9-12,15H2,2H3,(H,29,32)/t16-/m0/s1. The second-order valence-corrected chi connectivity index (χ2v) is 11.7. The van der Waals surface area contributed by atoms with Crippen molar-refractivity contribution in [3.05, 3.63) is 74.7 Å². The molecule has 0 spiro atoms. The van der Waals surface area contributed by atoms with Gasteiger partial charge in [-0.05, 0) is 36.3 Å². The lowest BCUT2D eigenvalue weighted by molar-refractivity contribution is -0.113. The van der Waals surface area contributed by atoms with Crippen LogP contribution in [0.15, 0.2) is 58.3 Å². The van der Waals surface area contributed by atoms with Gasteiger partial charge >= 0.3 is 0 Å². The van der Waals surface area contributed by atoms with Crippen molar-refractivity contribution in [3.8, 4) is 17.2 Å². The van der Waals surface area contributed by atoms with Crippen LogP contribution in [0.2, 0.25) is 0 Å². The number of thiophene rings is 2. The van der Waals surface area contributed by atoms with Crippen molar-refractivity contribution in [2.45, 2.75) is 37.9 Å². The van der Waals surface area contributed by atoms with Crippen molar-refractivity contribution in [1.82, 2.24) is 9.55 Å². The lowest BCUT2D eigenvalue weighted by Crippen LogP contribution is -2.23. The Kier molecular flexibility index (Phi) is 7.10. The number of benzene rings is 1. The van der Waals surface area contributed by atoms with Gasteiger partial charge < -0.3 is 5.32 Å². The molecule has 4 aromatic rings. The predicted molar refractivity (Wildman–Crippen MR) is 149 cm³/mol. The number of hydrogen-bond donors (Lipinski definition) is 1. The Bertz CT molecular complexity index is 1560. The van der Waals surface area contributed by atoms with Crippen LogP contribution in [0.25, 0.3) is 21.3 Å². The smallest absolute Gasteiger partial charge is 0.263 e. The zero-order chi connectivity index (χ0) is 25.2. The van der Waals surface area contributed by atoms with Crippen LogP contribution in [0.1, 0.15) is 29.3 Å². The molecule has 6 nitrogen and oxygen atoms in total. The molecule has 1 aliphatic carbocycles. The molecule has 36 heavy (non-hydrogen) atoms. The molecular formula is C27H24N4O2S3. The maximum atomic E-state index is 13.5. The first-order chi connectivity index (χ1) is 17.5. The fraction of sp³-hybridized carbons (Fsp3) is 0.259. The molecule has 1 atom stereocenters. The summed E-state index contributed by atoms with van der Waals surface area (Å²) in [5.74, 6) is 0.443. The number of carbonyl (C=O) groups excluding carboxylic acids is 1. The molecule has 0 saturated carbocycles. The molecular weight excluding hydrogens is 509 g/mol. The molecule has 3 aromatic heterocycles. The Balaban J connectivity index is 1.40. The zero-order valence-electron chi connectivity index (χ0n) is 19.7. The molecule has 0 saturated heterocycles. The number of rotatable bonds is 7. The van der Waals surface area contributed by atoms with Gasteiger partial charge in [0.25, 0.3) is 5.56 Å². The first-order valence-corrected chi connectivity index (χ1v) is 14.3. The molecule has 1 amide bonds. The van der Waals surface area contributed by atoms with Gasteiger partial charge in [0, 0.05) is 22.4 Å². The third-order valence-corrected chi connectivity index (χ3v) is 9.28. The van der Waals surface area contributed by atoms with Crippen molar-refractivity contribution < 1.29 is 4.79 Å². The van der Waals surface area contributed by atoms with E-state index in [1.54, 1.807) is 10.6 Å². The number of allylic oxidation sites excluding steroid dienone is 1.